The molecule has 156 valence electrons. The Morgan fingerprint density at radius 1 is 1.10 bits per heavy atom. The highest BCUT2D eigenvalue weighted by Gasteiger charge is 2.16. The molecule has 0 unspecified atom stereocenters. The third-order valence-electron chi connectivity index (χ3n) is 5.14. The lowest BCUT2D eigenvalue weighted by Gasteiger charge is -2.12. The van der Waals surface area contributed by atoms with Gasteiger partial charge in [-0.15, -0.1) is 0 Å². The van der Waals surface area contributed by atoms with Crippen LogP contribution in [0.1, 0.15) is 12.8 Å². The molecule has 2 N–H and O–H groups in total. The second-order valence-electron chi connectivity index (χ2n) is 7.20. The first-order valence-corrected chi connectivity index (χ1v) is 9.94. The molecule has 1 aliphatic heterocycles. The SMILES string of the molecule is COc1cc(OC)cc(-c2cnc3cc(NC(=O)NC[C@H]4CCCO4)ccc3c2)c1. The van der Waals surface area contributed by atoms with Gasteiger partial charge in [0.05, 0.1) is 25.8 Å². The topological polar surface area (TPSA) is 81.7 Å². The van der Waals surface area contributed by atoms with Gasteiger partial charge in [0.15, 0.2) is 0 Å². The number of carbonyl (C=O) groups excluding carboxylic acids is 1. The summed E-state index contributed by atoms with van der Waals surface area (Å²) in [5.74, 6) is 1.44. The quantitative estimate of drug-likeness (QED) is 0.639. The van der Waals surface area contributed by atoms with E-state index in [0.29, 0.717) is 12.2 Å². The maximum atomic E-state index is 12.1. The number of fused-ring (bicyclic) bond motifs is 1. The van der Waals surface area contributed by atoms with Crippen molar-refractivity contribution in [2.45, 2.75) is 18.9 Å². The summed E-state index contributed by atoms with van der Waals surface area (Å²) in [4.78, 5) is 16.7. The fraction of sp³-hybridized carbons (Fsp3) is 0.304. The number of nitrogens with zero attached hydrogens (tertiary/aromatic N) is 1. The van der Waals surface area contributed by atoms with Crippen molar-refractivity contribution in [3.8, 4) is 22.6 Å². The van der Waals surface area contributed by atoms with E-state index in [2.05, 4.69) is 21.7 Å². The molecular formula is C23H25N3O4. The third-order valence-corrected chi connectivity index (χ3v) is 5.14. The van der Waals surface area contributed by atoms with Crippen molar-refractivity contribution in [1.82, 2.24) is 10.3 Å². The molecule has 1 atom stereocenters. The van der Waals surface area contributed by atoms with E-state index in [1.807, 2.05) is 36.4 Å². The fourth-order valence-electron chi connectivity index (χ4n) is 3.52. The molecule has 0 bridgehead atoms. The maximum Gasteiger partial charge on any atom is 0.319 e. The Kier molecular flexibility index (Phi) is 5.99. The van der Waals surface area contributed by atoms with Crippen molar-refractivity contribution in [2.24, 2.45) is 0 Å². The molecule has 2 heterocycles. The predicted molar refractivity (Wildman–Crippen MR) is 116 cm³/mol. The Morgan fingerprint density at radius 3 is 2.60 bits per heavy atom. The van der Waals surface area contributed by atoms with Gasteiger partial charge in [0.2, 0.25) is 0 Å². The van der Waals surface area contributed by atoms with E-state index in [4.69, 9.17) is 14.2 Å². The van der Waals surface area contributed by atoms with Crippen LogP contribution in [-0.2, 0) is 4.74 Å². The molecule has 30 heavy (non-hydrogen) atoms. The van der Waals surface area contributed by atoms with Gasteiger partial charge in [0, 0.05) is 42.1 Å². The number of amides is 2. The number of anilines is 1. The van der Waals surface area contributed by atoms with Crippen LogP contribution in [0.5, 0.6) is 11.5 Å². The van der Waals surface area contributed by atoms with Gasteiger partial charge >= 0.3 is 6.03 Å². The number of benzene rings is 2. The van der Waals surface area contributed by atoms with Gasteiger partial charge in [-0.25, -0.2) is 4.79 Å². The lowest BCUT2D eigenvalue weighted by Crippen LogP contribution is -2.35. The van der Waals surface area contributed by atoms with Gasteiger partial charge in [0.1, 0.15) is 11.5 Å². The molecule has 1 aliphatic rings. The Balaban J connectivity index is 1.49. The van der Waals surface area contributed by atoms with E-state index in [-0.39, 0.29) is 12.1 Å². The molecule has 1 fully saturated rings. The zero-order chi connectivity index (χ0) is 20.9. The molecule has 7 nitrogen and oxygen atoms in total. The Labute approximate surface area is 175 Å². The first kappa shape index (κ1) is 20.0. The normalized spacial score (nSPS) is 15.7. The zero-order valence-electron chi connectivity index (χ0n) is 17.1. The average molecular weight is 407 g/mol. The summed E-state index contributed by atoms with van der Waals surface area (Å²) in [5, 5.41) is 6.68. The zero-order valence-corrected chi connectivity index (χ0v) is 17.1. The fourth-order valence-corrected chi connectivity index (χ4v) is 3.52. The number of pyridine rings is 1. The van der Waals surface area contributed by atoms with Gasteiger partial charge < -0.3 is 24.8 Å². The summed E-state index contributed by atoms with van der Waals surface area (Å²) in [5.41, 5.74) is 3.40. The molecule has 0 aliphatic carbocycles. The van der Waals surface area contributed by atoms with E-state index >= 15 is 0 Å². The van der Waals surface area contributed by atoms with Crippen LogP contribution in [0.25, 0.3) is 22.0 Å². The van der Waals surface area contributed by atoms with E-state index in [1.165, 1.54) is 0 Å². The molecule has 4 rings (SSSR count). The Morgan fingerprint density at radius 2 is 1.90 bits per heavy atom. The molecule has 3 aromatic rings. The van der Waals surface area contributed by atoms with Crippen molar-refractivity contribution in [1.29, 1.82) is 0 Å². The number of carbonyl (C=O) groups is 1. The molecule has 0 radical (unpaired) electrons. The lowest BCUT2D eigenvalue weighted by molar-refractivity contribution is 0.112. The monoisotopic (exact) mass is 407 g/mol. The number of methoxy groups -OCH3 is 2. The number of rotatable bonds is 6. The van der Waals surface area contributed by atoms with Crippen molar-refractivity contribution in [3.63, 3.8) is 0 Å². The Hall–Kier alpha value is -3.32. The van der Waals surface area contributed by atoms with Crippen molar-refractivity contribution in [3.05, 3.63) is 48.7 Å². The van der Waals surface area contributed by atoms with Gasteiger partial charge in [-0.05, 0) is 48.7 Å². The molecule has 2 amide bonds. The van der Waals surface area contributed by atoms with E-state index in [0.717, 1.165) is 53.0 Å². The van der Waals surface area contributed by atoms with Crippen LogP contribution in [0.4, 0.5) is 10.5 Å². The summed E-state index contributed by atoms with van der Waals surface area (Å²) in [6.07, 6.45) is 3.96. The molecule has 1 saturated heterocycles. The molecule has 1 aromatic heterocycles. The minimum atomic E-state index is -0.245. The summed E-state index contributed by atoms with van der Waals surface area (Å²) >= 11 is 0. The first-order valence-electron chi connectivity index (χ1n) is 9.94. The van der Waals surface area contributed by atoms with E-state index in [9.17, 15) is 4.79 Å². The van der Waals surface area contributed by atoms with Crippen LogP contribution in [0.2, 0.25) is 0 Å². The smallest absolute Gasteiger partial charge is 0.319 e. The predicted octanol–water partition coefficient (Wildman–Crippen LogP) is 4.22. The van der Waals surface area contributed by atoms with Gasteiger partial charge in [0.25, 0.3) is 0 Å². The average Bonchev–Trinajstić information content (AvgIpc) is 3.30. The largest absolute Gasteiger partial charge is 0.497 e. The molecule has 0 saturated carbocycles. The summed E-state index contributed by atoms with van der Waals surface area (Å²) in [6, 6.07) is 13.2. The standard InChI is InChI=1S/C23H25N3O4/c1-28-20-9-16(10-21(12-20)29-2)17-8-15-5-6-18(11-22(15)24-13-17)26-23(27)25-14-19-4-3-7-30-19/h5-6,8-13,19H,3-4,7,14H2,1-2H3,(H2,25,26,27)/t19-/m1/s1. The van der Waals surface area contributed by atoms with Crippen LogP contribution >= 0.6 is 0 Å². The summed E-state index contributed by atoms with van der Waals surface area (Å²) in [7, 11) is 3.26. The number of ether oxygens (including phenoxy) is 3. The lowest BCUT2D eigenvalue weighted by atomic mass is 10.0. The minimum absolute atomic E-state index is 0.114. The second-order valence-corrected chi connectivity index (χ2v) is 7.20. The highest BCUT2D eigenvalue weighted by molar-refractivity contribution is 5.93. The van der Waals surface area contributed by atoms with Crippen LogP contribution in [-0.4, -0.2) is 44.5 Å². The number of hydrogen-bond acceptors (Lipinski definition) is 5. The highest BCUT2D eigenvalue weighted by atomic mass is 16.5. The summed E-state index contributed by atoms with van der Waals surface area (Å²) in [6.45, 7) is 1.29. The molecular weight excluding hydrogens is 382 g/mol. The number of nitrogens with one attached hydrogen (secondary N) is 2. The van der Waals surface area contributed by atoms with Crippen molar-refractivity contribution in [2.75, 3.05) is 32.7 Å². The number of aromatic nitrogens is 1. The second kappa shape index (κ2) is 9.00. The van der Waals surface area contributed by atoms with Gasteiger partial charge in [-0.3, -0.25) is 4.98 Å². The van der Waals surface area contributed by atoms with Crippen LogP contribution < -0.4 is 20.1 Å². The molecule has 2 aromatic carbocycles. The first-order chi connectivity index (χ1) is 14.6. The number of urea groups is 1. The molecule has 0 spiro atoms. The third kappa shape index (κ3) is 4.63. The van der Waals surface area contributed by atoms with Crippen LogP contribution in [0.3, 0.4) is 0 Å². The van der Waals surface area contributed by atoms with Crippen molar-refractivity contribution < 1.29 is 19.0 Å². The summed E-state index contributed by atoms with van der Waals surface area (Å²) < 4.78 is 16.2. The van der Waals surface area contributed by atoms with E-state index < -0.39 is 0 Å². The van der Waals surface area contributed by atoms with Gasteiger partial charge in [-0.1, -0.05) is 6.07 Å². The maximum absolute atomic E-state index is 12.1. The molecule has 7 heteroatoms. The van der Waals surface area contributed by atoms with Crippen molar-refractivity contribution >= 4 is 22.6 Å². The van der Waals surface area contributed by atoms with Gasteiger partial charge in [-0.2, -0.15) is 0 Å². The van der Waals surface area contributed by atoms with E-state index in [1.54, 1.807) is 20.4 Å². The van der Waals surface area contributed by atoms with Crippen LogP contribution in [0, 0.1) is 0 Å². The van der Waals surface area contributed by atoms with Crippen LogP contribution in [0.15, 0.2) is 48.7 Å². The minimum Gasteiger partial charge on any atom is -0.497 e. The Bertz CT molecular complexity index is 1030. The number of hydrogen-bond donors (Lipinski definition) is 2. The highest BCUT2D eigenvalue weighted by Crippen LogP contribution is 2.31.